The maximum atomic E-state index is 12.0. The van der Waals surface area contributed by atoms with Crippen molar-refractivity contribution in [2.75, 3.05) is 13.1 Å². The second-order valence-electron chi connectivity index (χ2n) is 6.33. The van der Waals surface area contributed by atoms with Gasteiger partial charge in [0.15, 0.2) is 0 Å². The number of carbonyl (C=O) groups is 1. The quantitative estimate of drug-likeness (QED) is 0.872. The Morgan fingerprint density at radius 3 is 2.67 bits per heavy atom. The molecule has 1 amide bonds. The van der Waals surface area contributed by atoms with Crippen LogP contribution in [0, 0.1) is 0 Å². The minimum atomic E-state index is 0.153. The largest absolute Gasteiger partial charge is 0.353 e. The van der Waals surface area contributed by atoms with E-state index in [4.69, 9.17) is 0 Å². The topological polar surface area (TPSA) is 32.3 Å². The van der Waals surface area contributed by atoms with Crippen LogP contribution in [0.25, 0.3) is 0 Å². The molecule has 3 heteroatoms. The molecule has 1 aromatic rings. The van der Waals surface area contributed by atoms with Crippen LogP contribution in [-0.4, -0.2) is 36.0 Å². The minimum Gasteiger partial charge on any atom is -0.353 e. The van der Waals surface area contributed by atoms with Crippen LogP contribution in [0.5, 0.6) is 0 Å². The summed E-state index contributed by atoms with van der Waals surface area (Å²) in [4.78, 5) is 14.4. The van der Waals surface area contributed by atoms with Gasteiger partial charge in [-0.1, -0.05) is 37.3 Å². The van der Waals surface area contributed by atoms with Crippen molar-refractivity contribution in [3.63, 3.8) is 0 Å². The van der Waals surface area contributed by atoms with E-state index in [1.165, 1.54) is 18.4 Å². The first-order valence-corrected chi connectivity index (χ1v) is 8.20. The molecule has 1 saturated heterocycles. The first-order valence-electron chi connectivity index (χ1n) is 8.20. The van der Waals surface area contributed by atoms with Gasteiger partial charge in [-0.05, 0) is 51.1 Å². The van der Waals surface area contributed by atoms with Crippen molar-refractivity contribution in [2.45, 2.75) is 58.0 Å². The van der Waals surface area contributed by atoms with Crippen molar-refractivity contribution in [3.05, 3.63) is 35.9 Å². The summed E-state index contributed by atoms with van der Waals surface area (Å²) in [5.41, 5.74) is 1.40. The molecule has 0 aliphatic carbocycles. The molecule has 1 N–H and O–H groups in total. The Morgan fingerprint density at radius 2 is 2.05 bits per heavy atom. The normalized spacial score (nSPS) is 20.7. The van der Waals surface area contributed by atoms with Gasteiger partial charge in [-0.25, -0.2) is 0 Å². The molecule has 0 bridgehead atoms. The minimum absolute atomic E-state index is 0.153. The highest BCUT2D eigenvalue weighted by atomic mass is 16.2. The van der Waals surface area contributed by atoms with Crippen molar-refractivity contribution in [1.29, 1.82) is 0 Å². The molecule has 3 nitrogen and oxygen atoms in total. The fourth-order valence-corrected chi connectivity index (χ4v) is 3.49. The van der Waals surface area contributed by atoms with Crippen LogP contribution >= 0.6 is 0 Å². The van der Waals surface area contributed by atoms with E-state index in [0.29, 0.717) is 18.5 Å². The molecule has 1 fully saturated rings. The van der Waals surface area contributed by atoms with Crippen LogP contribution in [0.2, 0.25) is 0 Å². The monoisotopic (exact) mass is 288 g/mol. The van der Waals surface area contributed by atoms with Gasteiger partial charge in [-0.15, -0.1) is 0 Å². The molecule has 0 saturated carbocycles. The fraction of sp³-hybridized carbons (Fsp3) is 0.611. The van der Waals surface area contributed by atoms with Crippen molar-refractivity contribution in [1.82, 2.24) is 10.2 Å². The number of hydrogen-bond acceptors (Lipinski definition) is 2. The molecular formula is C18H28N2O. The summed E-state index contributed by atoms with van der Waals surface area (Å²) in [6.07, 6.45) is 3.52. The first-order chi connectivity index (χ1) is 10.1. The number of nitrogens with zero attached hydrogens (tertiary/aromatic N) is 1. The smallest absolute Gasteiger partial charge is 0.234 e. The predicted molar refractivity (Wildman–Crippen MR) is 87.3 cm³/mol. The maximum absolute atomic E-state index is 12.0. The Bertz CT molecular complexity index is 444. The average molecular weight is 288 g/mol. The third-order valence-electron chi connectivity index (χ3n) is 4.34. The first kappa shape index (κ1) is 16.0. The summed E-state index contributed by atoms with van der Waals surface area (Å²) in [6.45, 7) is 7.85. The van der Waals surface area contributed by atoms with E-state index in [-0.39, 0.29) is 11.9 Å². The van der Waals surface area contributed by atoms with E-state index in [2.05, 4.69) is 47.5 Å². The lowest BCUT2D eigenvalue weighted by molar-refractivity contribution is -0.123. The second kappa shape index (κ2) is 7.60. The number of carbonyl (C=O) groups excluding carboxylic acids is 1. The third-order valence-corrected chi connectivity index (χ3v) is 4.34. The zero-order chi connectivity index (χ0) is 15.2. The average Bonchev–Trinajstić information content (AvgIpc) is 2.88. The Labute approximate surface area is 128 Å². The van der Waals surface area contributed by atoms with Crippen molar-refractivity contribution < 1.29 is 4.79 Å². The summed E-state index contributed by atoms with van der Waals surface area (Å²) >= 11 is 0. The Morgan fingerprint density at radius 1 is 1.33 bits per heavy atom. The number of nitrogens with one attached hydrogen (secondary N) is 1. The molecule has 2 atom stereocenters. The van der Waals surface area contributed by atoms with Crippen molar-refractivity contribution >= 4 is 5.91 Å². The molecule has 2 rings (SSSR count). The van der Waals surface area contributed by atoms with Crippen molar-refractivity contribution in [2.24, 2.45) is 0 Å². The maximum Gasteiger partial charge on any atom is 0.234 e. The van der Waals surface area contributed by atoms with Gasteiger partial charge in [0.05, 0.1) is 6.54 Å². The van der Waals surface area contributed by atoms with Crippen LogP contribution in [-0.2, 0) is 4.79 Å². The van der Waals surface area contributed by atoms with Gasteiger partial charge in [0, 0.05) is 12.1 Å². The van der Waals surface area contributed by atoms with E-state index < -0.39 is 0 Å². The van der Waals surface area contributed by atoms with E-state index in [1.54, 1.807) is 0 Å². The van der Waals surface area contributed by atoms with Gasteiger partial charge >= 0.3 is 0 Å². The lowest BCUT2D eigenvalue weighted by Crippen LogP contribution is -2.43. The van der Waals surface area contributed by atoms with Crippen molar-refractivity contribution in [3.8, 4) is 0 Å². The Balaban J connectivity index is 2.04. The van der Waals surface area contributed by atoms with Crippen LogP contribution in [0.1, 0.15) is 51.5 Å². The second-order valence-corrected chi connectivity index (χ2v) is 6.33. The molecule has 0 unspecified atom stereocenters. The number of likely N-dealkylation sites (tertiary alicyclic amines) is 1. The molecule has 1 aliphatic heterocycles. The lowest BCUT2D eigenvalue weighted by atomic mass is 9.87. The highest BCUT2D eigenvalue weighted by molar-refractivity contribution is 5.78. The van der Waals surface area contributed by atoms with E-state index in [1.807, 2.05) is 13.8 Å². The van der Waals surface area contributed by atoms with Gasteiger partial charge in [-0.2, -0.15) is 0 Å². The standard InChI is InChI=1S/C18H28N2O/c1-4-16(15-9-6-5-7-10-15)17-11-8-12-20(17)13-18(21)19-14(2)3/h5-7,9-10,14,16-17H,4,8,11-13H2,1-3H3,(H,19,21)/t16-,17+/m0/s1. The molecular weight excluding hydrogens is 260 g/mol. The summed E-state index contributed by atoms with van der Waals surface area (Å²) in [5, 5.41) is 3.01. The zero-order valence-electron chi connectivity index (χ0n) is 13.5. The summed E-state index contributed by atoms with van der Waals surface area (Å²) in [7, 11) is 0. The van der Waals surface area contributed by atoms with Gasteiger partial charge < -0.3 is 5.32 Å². The van der Waals surface area contributed by atoms with E-state index in [9.17, 15) is 4.79 Å². The molecule has 1 heterocycles. The van der Waals surface area contributed by atoms with Gasteiger partial charge in [0.2, 0.25) is 5.91 Å². The lowest BCUT2D eigenvalue weighted by Gasteiger charge is -2.31. The number of benzene rings is 1. The summed E-state index contributed by atoms with van der Waals surface area (Å²) in [5.74, 6) is 0.681. The predicted octanol–water partition coefficient (Wildman–Crippen LogP) is 3.17. The SMILES string of the molecule is CC[C@@H](c1ccccc1)[C@H]1CCCN1CC(=O)NC(C)C. The van der Waals surface area contributed by atoms with Gasteiger partial charge in [0.25, 0.3) is 0 Å². The molecule has 1 aliphatic rings. The molecule has 0 radical (unpaired) electrons. The van der Waals surface area contributed by atoms with Gasteiger partial charge in [-0.3, -0.25) is 9.69 Å². The van der Waals surface area contributed by atoms with E-state index >= 15 is 0 Å². The van der Waals surface area contributed by atoms with Crippen LogP contribution < -0.4 is 5.32 Å². The third kappa shape index (κ3) is 4.31. The molecule has 1 aromatic carbocycles. The summed E-state index contributed by atoms with van der Waals surface area (Å²) in [6, 6.07) is 11.5. The number of hydrogen-bond donors (Lipinski definition) is 1. The fourth-order valence-electron chi connectivity index (χ4n) is 3.49. The summed E-state index contributed by atoms with van der Waals surface area (Å²) < 4.78 is 0. The number of rotatable bonds is 6. The van der Waals surface area contributed by atoms with E-state index in [0.717, 1.165) is 13.0 Å². The Hall–Kier alpha value is -1.35. The molecule has 21 heavy (non-hydrogen) atoms. The molecule has 116 valence electrons. The Kier molecular flexibility index (Phi) is 5.80. The zero-order valence-corrected chi connectivity index (χ0v) is 13.5. The number of amides is 1. The highest BCUT2D eigenvalue weighted by Gasteiger charge is 2.32. The highest BCUT2D eigenvalue weighted by Crippen LogP contribution is 2.33. The van der Waals surface area contributed by atoms with Crippen LogP contribution in [0.15, 0.2) is 30.3 Å². The molecule has 0 spiro atoms. The van der Waals surface area contributed by atoms with Crippen LogP contribution in [0.4, 0.5) is 0 Å². The van der Waals surface area contributed by atoms with Gasteiger partial charge in [0.1, 0.15) is 0 Å². The molecule has 0 aromatic heterocycles. The van der Waals surface area contributed by atoms with Crippen LogP contribution in [0.3, 0.4) is 0 Å².